The standard InChI is InChI=1S/C27H26ClN3O6/c1-2-36-25-12-19(22(28)13-26(25)37-16-17-7-9-20(10-8-17)31(34)35)15-30-24(27(32)33)11-18-14-29-23-6-4-3-5-21(18)23/h3-10,12-14,24,29-30H,2,11,15-16H2,1H3,(H,32,33). The lowest BCUT2D eigenvalue weighted by Crippen LogP contribution is -2.38. The molecule has 0 saturated carbocycles. The monoisotopic (exact) mass is 523 g/mol. The Balaban J connectivity index is 1.46. The number of nitro benzene ring substituents is 1. The van der Waals surface area contributed by atoms with E-state index in [0.29, 0.717) is 35.1 Å². The molecule has 4 aromatic rings. The smallest absolute Gasteiger partial charge is 0.321 e. The van der Waals surface area contributed by atoms with E-state index in [1.54, 1.807) is 24.3 Å². The summed E-state index contributed by atoms with van der Waals surface area (Å²) in [5, 5.41) is 25.1. The maximum absolute atomic E-state index is 12.0. The minimum Gasteiger partial charge on any atom is -0.490 e. The highest BCUT2D eigenvalue weighted by Crippen LogP contribution is 2.34. The largest absolute Gasteiger partial charge is 0.490 e. The van der Waals surface area contributed by atoms with Crippen LogP contribution >= 0.6 is 11.6 Å². The van der Waals surface area contributed by atoms with Crippen LogP contribution < -0.4 is 14.8 Å². The Morgan fingerprint density at radius 3 is 2.54 bits per heavy atom. The van der Waals surface area contributed by atoms with Gasteiger partial charge in [-0.2, -0.15) is 0 Å². The van der Waals surface area contributed by atoms with E-state index in [2.05, 4.69) is 10.3 Å². The van der Waals surface area contributed by atoms with E-state index in [-0.39, 0.29) is 18.8 Å². The zero-order valence-electron chi connectivity index (χ0n) is 20.1. The fourth-order valence-corrected chi connectivity index (χ4v) is 4.19. The Morgan fingerprint density at radius 2 is 1.84 bits per heavy atom. The number of carbonyl (C=O) groups is 1. The molecule has 0 bridgehead atoms. The lowest BCUT2D eigenvalue weighted by Gasteiger charge is -2.18. The average Bonchev–Trinajstić information content (AvgIpc) is 3.30. The molecule has 192 valence electrons. The number of halogens is 1. The van der Waals surface area contributed by atoms with Crippen LogP contribution in [-0.2, 0) is 24.4 Å². The molecular weight excluding hydrogens is 498 g/mol. The topological polar surface area (TPSA) is 127 Å². The second kappa shape index (κ2) is 11.8. The minimum atomic E-state index is -0.963. The Kier molecular flexibility index (Phi) is 8.27. The second-order valence-corrected chi connectivity index (χ2v) is 8.78. The molecule has 3 aromatic carbocycles. The summed E-state index contributed by atoms with van der Waals surface area (Å²) < 4.78 is 11.6. The molecule has 37 heavy (non-hydrogen) atoms. The molecule has 0 aliphatic carbocycles. The molecule has 1 heterocycles. The fourth-order valence-electron chi connectivity index (χ4n) is 3.97. The summed E-state index contributed by atoms with van der Waals surface area (Å²) in [4.78, 5) is 25.5. The number of ether oxygens (including phenoxy) is 2. The summed E-state index contributed by atoms with van der Waals surface area (Å²) in [5.41, 5.74) is 3.28. The van der Waals surface area contributed by atoms with Crippen LogP contribution in [0.25, 0.3) is 10.9 Å². The molecule has 0 saturated heterocycles. The van der Waals surface area contributed by atoms with E-state index < -0.39 is 16.9 Å². The maximum Gasteiger partial charge on any atom is 0.321 e. The Bertz CT molecular complexity index is 1400. The molecule has 0 aliphatic rings. The molecule has 1 atom stereocenters. The predicted molar refractivity (Wildman–Crippen MR) is 140 cm³/mol. The summed E-state index contributed by atoms with van der Waals surface area (Å²) in [6.45, 7) is 2.60. The number of para-hydroxylation sites is 1. The van der Waals surface area contributed by atoms with E-state index in [4.69, 9.17) is 21.1 Å². The number of nitrogens with zero attached hydrogens (tertiary/aromatic N) is 1. The first-order valence-electron chi connectivity index (χ1n) is 11.7. The minimum absolute atomic E-state index is 0.00279. The van der Waals surface area contributed by atoms with Gasteiger partial charge in [-0.15, -0.1) is 0 Å². The molecule has 0 spiro atoms. The Morgan fingerprint density at radius 1 is 1.11 bits per heavy atom. The first kappa shape index (κ1) is 26.0. The van der Waals surface area contributed by atoms with Gasteiger partial charge in [0.2, 0.25) is 0 Å². The van der Waals surface area contributed by atoms with Crippen molar-refractivity contribution in [2.75, 3.05) is 6.61 Å². The van der Waals surface area contributed by atoms with Crippen molar-refractivity contribution < 1.29 is 24.3 Å². The van der Waals surface area contributed by atoms with Crippen LogP contribution in [0.1, 0.15) is 23.6 Å². The number of rotatable bonds is 12. The van der Waals surface area contributed by atoms with Gasteiger partial charge in [0.05, 0.1) is 11.5 Å². The number of H-pyrrole nitrogens is 1. The predicted octanol–water partition coefficient (Wildman–Crippen LogP) is 5.49. The van der Waals surface area contributed by atoms with Crippen LogP contribution in [-0.4, -0.2) is 33.6 Å². The molecule has 0 radical (unpaired) electrons. The van der Waals surface area contributed by atoms with Crippen LogP contribution in [0.4, 0.5) is 5.69 Å². The summed E-state index contributed by atoms with van der Waals surface area (Å²) in [5.74, 6) is -0.0777. The normalized spacial score (nSPS) is 11.8. The molecule has 10 heteroatoms. The summed E-state index contributed by atoms with van der Waals surface area (Å²) >= 11 is 6.52. The number of carboxylic acid groups (broad SMARTS) is 1. The number of hydrogen-bond donors (Lipinski definition) is 3. The third-order valence-electron chi connectivity index (χ3n) is 5.89. The Labute approximate surface area is 218 Å². The molecule has 0 aliphatic heterocycles. The highest BCUT2D eigenvalue weighted by atomic mass is 35.5. The van der Waals surface area contributed by atoms with Gasteiger partial charge in [0.25, 0.3) is 5.69 Å². The maximum atomic E-state index is 12.0. The van der Waals surface area contributed by atoms with Gasteiger partial charge in [0.15, 0.2) is 11.5 Å². The zero-order valence-corrected chi connectivity index (χ0v) is 20.8. The van der Waals surface area contributed by atoms with Crippen LogP contribution in [0, 0.1) is 10.1 Å². The quantitative estimate of drug-likeness (QED) is 0.165. The lowest BCUT2D eigenvalue weighted by atomic mass is 10.0. The van der Waals surface area contributed by atoms with Crippen LogP contribution in [0.5, 0.6) is 11.5 Å². The number of fused-ring (bicyclic) bond motifs is 1. The third kappa shape index (κ3) is 6.38. The number of hydrogen-bond acceptors (Lipinski definition) is 6. The molecule has 1 unspecified atom stereocenters. The van der Waals surface area contributed by atoms with Gasteiger partial charge in [0.1, 0.15) is 12.6 Å². The van der Waals surface area contributed by atoms with Crippen molar-refractivity contribution in [3.63, 3.8) is 0 Å². The summed E-state index contributed by atoms with van der Waals surface area (Å²) in [6.07, 6.45) is 2.13. The highest BCUT2D eigenvalue weighted by Gasteiger charge is 2.20. The number of nitrogens with one attached hydrogen (secondary N) is 2. The lowest BCUT2D eigenvalue weighted by molar-refractivity contribution is -0.384. The number of non-ortho nitro benzene ring substituents is 1. The van der Waals surface area contributed by atoms with E-state index >= 15 is 0 Å². The van der Waals surface area contributed by atoms with Crippen molar-refractivity contribution in [1.82, 2.24) is 10.3 Å². The van der Waals surface area contributed by atoms with Crippen molar-refractivity contribution in [3.8, 4) is 11.5 Å². The van der Waals surface area contributed by atoms with E-state index in [1.807, 2.05) is 37.4 Å². The average molecular weight is 524 g/mol. The van der Waals surface area contributed by atoms with E-state index in [1.165, 1.54) is 12.1 Å². The van der Waals surface area contributed by atoms with E-state index in [9.17, 15) is 20.0 Å². The number of aromatic nitrogens is 1. The first-order chi connectivity index (χ1) is 17.9. The zero-order chi connectivity index (χ0) is 26.4. The van der Waals surface area contributed by atoms with E-state index in [0.717, 1.165) is 22.0 Å². The summed E-state index contributed by atoms with van der Waals surface area (Å²) in [6, 6.07) is 16.4. The van der Waals surface area contributed by atoms with Crippen molar-refractivity contribution in [1.29, 1.82) is 0 Å². The first-order valence-corrected chi connectivity index (χ1v) is 12.1. The highest BCUT2D eigenvalue weighted by molar-refractivity contribution is 6.31. The van der Waals surface area contributed by atoms with Gasteiger partial charge >= 0.3 is 5.97 Å². The fraction of sp³-hybridized carbons (Fsp3) is 0.222. The van der Waals surface area contributed by atoms with Gasteiger partial charge in [-0.05, 0) is 47.9 Å². The van der Waals surface area contributed by atoms with Crippen molar-refractivity contribution in [2.24, 2.45) is 0 Å². The summed E-state index contributed by atoms with van der Waals surface area (Å²) in [7, 11) is 0. The van der Waals surface area contributed by atoms with Crippen molar-refractivity contribution >= 4 is 34.2 Å². The van der Waals surface area contributed by atoms with Crippen LogP contribution in [0.2, 0.25) is 5.02 Å². The number of nitro groups is 1. The molecule has 0 amide bonds. The van der Waals surface area contributed by atoms with Crippen LogP contribution in [0.15, 0.2) is 66.9 Å². The molecule has 4 rings (SSSR count). The van der Waals surface area contributed by atoms with Crippen LogP contribution in [0.3, 0.4) is 0 Å². The molecule has 1 aromatic heterocycles. The molecule has 0 fully saturated rings. The van der Waals surface area contributed by atoms with Gasteiger partial charge in [-0.3, -0.25) is 20.2 Å². The second-order valence-electron chi connectivity index (χ2n) is 8.37. The molecule has 3 N–H and O–H groups in total. The molecular formula is C27H26ClN3O6. The van der Waals surface area contributed by atoms with Gasteiger partial charge in [0, 0.05) is 53.3 Å². The number of benzene rings is 3. The van der Waals surface area contributed by atoms with Gasteiger partial charge in [-0.1, -0.05) is 29.8 Å². The Hall–Kier alpha value is -4.08. The van der Waals surface area contributed by atoms with Crippen molar-refractivity contribution in [2.45, 2.75) is 32.5 Å². The van der Waals surface area contributed by atoms with Gasteiger partial charge < -0.3 is 19.6 Å². The number of aliphatic carboxylic acids is 1. The van der Waals surface area contributed by atoms with Gasteiger partial charge in [-0.25, -0.2) is 0 Å². The third-order valence-corrected chi connectivity index (χ3v) is 6.24. The van der Waals surface area contributed by atoms with Crippen molar-refractivity contribution in [3.05, 3.63) is 98.7 Å². The SMILES string of the molecule is CCOc1cc(CNC(Cc2c[nH]c3ccccc23)C(=O)O)c(Cl)cc1OCc1ccc([N+](=O)[O-])cc1. The number of aromatic amines is 1. The number of carboxylic acids is 1. The molecule has 9 nitrogen and oxygen atoms in total.